The molecule has 1 fully saturated rings. The Labute approximate surface area is 185 Å². The van der Waals surface area contributed by atoms with E-state index in [-0.39, 0.29) is 11.8 Å². The second-order valence-electron chi connectivity index (χ2n) is 8.60. The Morgan fingerprint density at radius 1 is 1.10 bits per heavy atom. The first-order valence-corrected chi connectivity index (χ1v) is 11.2. The maximum atomic E-state index is 13.2. The first-order chi connectivity index (χ1) is 15.0. The molecule has 0 spiro atoms. The molecule has 0 saturated carbocycles. The van der Waals surface area contributed by atoms with Gasteiger partial charge in [-0.05, 0) is 73.8 Å². The van der Waals surface area contributed by atoms with Crippen molar-refractivity contribution in [3.8, 4) is 5.75 Å². The molecule has 6 heteroatoms. The number of nitrogens with zero attached hydrogens (tertiary/aromatic N) is 2. The first kappa shape index (κ1) is 23.1. The Balaban J connectivity index is 1.52. The molecular formula is C25H34FN3O2. The van der Waals surface area contributed by atoms with Gasteiger partial charge in [0.05, 0.1) is 6.61 Å². The average Bonchev–Trinajstić information content (AvgIpc) is 2.73. The van der Waals surface area contributed by atoms with Crippen molar-refractivity contribution in [3.63, 3.8) is 0 Å². The molecule has 1 saturated heterocycles. The molecule has 0 bridgehead atoms. The van der Waals surface area contributed by atoms with Crippen LogP contribution >= 0.6 is 0 Å². The molecule has 3 rings (SSSR count). The number of ether oxygens (including phenoxy) is 1. The van der Waals surface area contributed by atoms with Crippen molar-refractivity contribution in [2.24, 2.45) is 5.92 Å². The summed E-state index contributed by atoms with van der Waals surface area (Å²) in [6.45, 7) is 9.82. The largest absolute Gasteiger partial charge is 0.493 e. The molecule has 0 atom stereocenters. The Morgan fingerprint density at radius 2 is 1.77 bits per heavy atom. The van der Waals surface area contributed by atoms with E-state index in [2.05, 4.69) is 24.1 Å². The van der Waals surface area contributed by atoms with Gasteiger partial charge < -0.3 is 19.9 Å². The number of hydrogen-bond donors (Lipinski definition) is 1. The fourth-order valence-electron chi connectivity index (χ4n) is 3.41. The Morgan fingerprint density at radius 3 is 2.39 bits per heavy atom. The molecule has 1 aliphatic heterocycles. The second kappa shape index (κ2) is 11.7. The van der Waals surface area contributed by atoms with Gasteiger partial charge in [-0.15, -0.1) is 0 Å². The second-order valence-corrected chi connectivity index (χ2v) is 8.60. The van der Waals surface area contributed by atoms with Crippen LogP contribution in [-0.2, 0) is 13.1 Å². The number of rotatable bonds is 11. The lowest BCUT2D eigenvalue weighted by molar-refractivity contribution is 0.162. The van der Waals surface area contributed by atoms with Crippen LogP contribution < -0.4 is 10.1 Å². The zero-order valence-corrected chi connectivity index (χ0v) is 18.6. The van der Waals surface area contributed by atoms with Gasteiger partial charge in [0.1, 0.15) is 11.6 Å². The highest BCUT2D eigenvalue weighted by Crippen LogP contribution is 2.14. The van der Waals surface area contributed by atoms with E-state index in [1.54, 1.807) is 12.1 Å². The summed E-state index contributed by atoms with van der Waals surface area (Å²) in [4.78, 5) is 17.1. The topological polar surface area (TPSA) is 44.8 Å². The lowest BCUT2D eigenvalue weighted by atomic mass is 10.2. The van der Waals surface area contributed by atoms with E-state index in [1.807, 2.05) is 29.2 Å². The molecule has 0 radical (unpaired) electrons. The molecule has 2 aromatic rings. The van der Waals surface area contributed by atoms with Crippen LogP contribution in [0.2, 0.25) is 0 Å². The molecule has 31 heavy (non-hydrogen) atoms. The van der Waals surface area contributed by atoms with Crippen LogP contribution in [0.25, 0.3) is 0 Å². The molecule has 0 aliphatic carbocycles. The van der Waals surface area contributed by atoms with Gasteiger partial charge in [-0.25, -0.2) is 9.18 Å². The van der Waals surface area contributed by atoms with Gasteiger partial charge >= 0.3 is 6.03 Å². The number of halogens is 1. The lowest BCUT2D eigenvalue weighted by Crippen LogP contribution is -2.42. The van der Waals surface area contributed by atoms with Crippen molar-refractivity contribution < 1.29 is 13.9 Å². The monoisotopic (exact) mass is 427 g/mol. The van der Waals surface area contributed by atoms with Crippen LogP contribution in [0.5, 0.6) is 5.75 Å². The van der Waals surface area contributed by atoms with Crippen molar-refractivity contribution in [1.29, 1.82) is 0 Å². The van der Waals surface area contributed by atoms with E-state index in [0.29, 0.717) is 32.2 Å². The molecule has 168 valence electrons. The van der Waals surface area contributed by atoms with Crippen molar-refractivity contribution in [2.45, 2.75) is 39.8 Å². The normalized spacial score (nSPS) is 13.7. The van der Waals surface area contributed by atoms with Crippen LogP contribution in [-0.4, -0.2) is 48.6 Å². The van der Waals surface area contributed by atoms with Gasteiger partial charge in [-0.3, -0.25) is 0 Å². The molecule has 2 amide bonds. The van der Waals surface area contributed by atoms with Crippen molar-refractivity contribution in [3.05, 3.63) is 65.5 Å². The number of nitrogens with one attached hydrogen (secondary N) is 1. The Kier molecular flexibility index (Phi) is 8.71. The van der Waals surface area contributed by atoms with Crippen LogP contribution in [0.3, 0.4) is 0 Å². The van der Waals surface area contributed by atoms with E-state index in [0.717, 1.165) is 42.9 Å². The number of amides is 2. The summed E-state index contributed by atoms with van der Waals surface area (Å²) in [5.41, 5.74) is 1.94. The fraction of sp³-hybridized carbons (Fsp3) is 0.480. The number of carbonyl (C=O) groups is 1. The number of benzene rings is 2. The van der Waals surface area contributed by atoms with Crippen molar-refractivity contribution >= 4 is 6.03 Å². The molecule has 0 unspecified atom stereocenters. The summed E-state index contributed by atoms with van der Waals surface area (Å²) in [6, 6.07) is 14.1. The van der Waals surface area contributed by atoms with E-state index >= 15 is 0 Å². The highest BCUT2D eigenvalue weighted by Gasteiger charge is 2.17. The minimum Gasteiger partial charge on any atom is -0.493 e. The summed E-state index contributed by atoms with van der Waals surface area (Å²) in [5.74, 6) is 1.05. The zero-order chi connectivity index (χ0) is 22.1. The number of hydrogen-bond acceptors (Lipinski definition) is 3. The molecule has 0 aromatic heterocycles. The van der Waals surface area contributed by atoms with Crippen molar-refractivity contribution in [1.82, 2.24) is 15.1 Å². The highest BCUT2D eigenvalue weighted by atomic mass is 19.1. The predicted molar refractivity (Wildman–Crippen MR) is 121 cm³/mol. The van der Waals surface area contributed by atoms with E-state index in [1.165, 1.54) is 18.6 Å². The minimum absolute atomic E-state index is 0.104. The van der Waals surface area contributed by atoms with Crippen LogP contribution in [0.1, 0.15) is 37.8 Å². The average molecular weight is 428 g/mol. The summed E-state index contributed by atoms with van der Waals surface area (Å²) < 4.78 is 18.9. The fourth-order valence-corrected chi connectivity index (χ4v) is 3.41. The van der Waals surface area contributed by atoms with E-state index in [4.69, 9.17) is 4.74 Å². The number of likely N-dealkylation sites (tertiary alicyclic amines) is 1. The van der Waals surface area contributed by atoms with Gasteiger partial charge in [0.25, 0.3) is 0 Å². The number of urea groups is 1. The maximum Gasteiger partial charge on any atom is 0.317 e. The van der Waals surface area contributed by atoms with Gasteiger partial charge in [0, 0.05) is 19.6 Å². The molecular weight excluding hydrogens is 393 g/mol. The van der Waals surface area contributed by atoms with Gasteiger partial charge in [0.15, 0.2) is 0 Å². The Hall–Kier alpha value is -2.60. The summed E-state index contributed by atoms with van der Waals surface area (Å²) in [6.07, 6.45) is 2.19. The Bertz CT molecular complexity index is 805. The van der Waals surface area contributed by atoms with Crippen LogP contribution in [0, 0.1) is 11.7 Å². The quantitative estimate of drug-likeness (QED) is 0.567. The van der Waals surface area contributed by atoms with E-state index < -0.39 is 0 Å². The van der Waals surface area contributed by atoms with Gasteiger partial charge in [0.2, 0.25) is 0 Å². The third-order valence-electron chi connectivity index (χ3n) is 5.38. The predicted octanol–water partition coefficient (Wildman–Crippen LogP) is 4.67. The highest BCUT2D eigenvalue weighted by molar-refractivity contribution is 5.74. The van der Waals surface area contributed by atoms with Crippen molar-refractivity contribution in [2.75, 3.05) is 32.8 Å². The maximum absolute atomic E-state index is 13.2. The summed E-state index contributed by atoms with van der Waals surface area (Å²) in [5, 5.41) is 3.02. The zero-order valence-electron chi connectivity index (χ0n) is 18.6. The van der Waals surface area contributed by atoms with Crippen LogP contribution in [0.4, 0.5) is 9.18 Å². The summed E-state index contributed by atoms with van der Waals surface area (Å²) in [7, 11) is 0. The lowest BCUT2D eigenvalue weighted by Gasteiger charge is -2.31. The molecule has 1 heterocycles. The molecule has 1 N–H and O–H groups in total. The minimum atomic E-state index is -0.265. The standard InChI is InChI=1S/C25H34FN3O2/c1-20(2)19-31-24-11-7-21(8-12-24)17-27-25(30)29(16-4-15-28-13-3-14-28)18-22-5-9-23(26)10-6-22/h5-12,20H,3-4,13-19H2,1-2H3,(H,27,30). The molecule has 5 nitrogen and oxygen atoms in total. The summed E-state index contributed by atoms with van der Waals surface area (Å²) >= 11 is 0. The molecule has 1 aliphatic rings. The first-order valence-electron chi connectivity index (χ1n) is 11.2. The van der Waals surface area contributed by atoms with E-state index in [9.17, 15) is 9.18 Å². The number of carbonyl (C=O) groups excluding carboxylic acids is 1. The van der Waals surface area contributed by atoms with Crippen LogP contribution in [0.15, 0.2) is 48.5 Å². The smallest absolute Gasteiger partial charge is 0.317 e. The third-order valence-corrected chi connectivity index (χ3v) is 5.38. The third kappa shape index (κ3) is 7.87. The SMILES string of the molecule is CC(C)COc1ccc(CNC(=O)N(CCCN2CCC2)Cc2ccc(F)cc2)cc1. The van der Waals surface area contributed by atoms with Gasteiger partial charge in [-0.2, -0.15) is 0 Å². The van der Waals surface area contributed by atoms with Gasteiger partial charge in [-0.1, -0.05) is 38.1 Å². The molecule has 2 aromatic carbocycles.